The van der Waals surface area contributed by atoms with E-state index in [1.807, 2.05) is 23.6 Å². The third kappa shape index (κ3) is 4.42. The van der Waals surface area contributed by atoms with Gasteiger partial charge in [0, 0.05) is 29.2 Å². The number of piperidine rings is 3. The van der Waals surface area contributed by atoms with Crippen molar-refractivity contribution < 1.29 is 18.4 Å². The number of quaternary nitrogens is 1. The Kier molecular flexibility index (Phi) is 6.21. The minimum atomic E-state index is -0.460. The minimum Gasteiger partial charge on any atom is -0.440 e. The van der Waals surface area contributed by atoms with Gasteiger partial charge in [0.25, 0.3) is 0 Å². The molecule has 3 aliphatic heterocycles. The van der Waals surface area contributed by atoms with Crippen LogP contribution in [-0.2, 0) is 11.3 Å². The second-order valence-corrected chi connectivity index (χ2v) is 10.3. The lowest BCUT2D eigenvalue weighted by Crippen LogP contribution is -2.65. The predicted molar refractivity (Wildman–Crippen MR) is 130 cm³/mol. The average molecular weight is 466 g/mol. The summed E-state index contributed by atoms with van der Waals surface area (Å²) in [6.45, 7) is 5.64. The minimum absolute atomic E-state index is 0.149. The molecule has 33 heavy (non-hydrogen) atoms. The Hall–Kier alpha value is -2.70. The average Bonchev–Trinajstić information content (AvgIpc) is 3.37. The summed E-state index contributed by atoms with van der Waals surface area (Å²) in [5.41, 5.74) is 1.59. The van der Waals surface area contributed by atoms with Gasteiger partial charge in [0.1, 0.15) is 18.4 Å². The standard InChI is InChI=1S/C27H30FN2O2S/c1-20(21-8-3-2-4-9-21)30-15-13-22(14-16-30)26(19-30)32-27(31)29(18-23-10-7-17-33-23)25-12-6-5-11-24(25)28/h2-12,17,20,22,26H,13-16,18-19H2,1H3/q+1/t20?,22?,26-,30?/m0/s1. The smallest absolute Gasteiger partial charge is 0.415 e. The van der Waals surface area contributed by atoms with Crippen LogP contribution in [0.5, 0.6) is 0 Å². The van der Waals surface area contributed by atoms with Gasteiger partial charge in [-0.3, -0.25) is 4.90 Å². The normalized spacial score (nSPS) is 24.9. The maximum Gasteiger partial charge on any atom is 0.415 e. The number of rotatable bonds is 6. The molecule has 3 saturated heterocycles. The lowest BCUT2D eigenvalue weighted by Gasteiger charge is -2.55. The summed E-state index contributed by atoms with van der Waals surface area (Å²) in [5, 5.41) is 1.96. The molecule has 4 nitrogen and oxygen atoms in total. The van der Waals surface area contributed by atoms with E-state index in [9.17, 15) is 9.18 Å². The van der Waals surface area contributed by atoms with E-state index < -0.39 is 11.9 Å². The molecule has 3 aliphatic rings. The summed E-state index contributed by atoms with van der Waals surface area (Å²) in [7, 11) is 0. The van der Waals surface area contributed by atoms with Crippen molar-refractivity contribution in [2.24, 2.45) is 5.92 Å². The first-order valence-electron chi connectivity index (χ1n) is 11.7. The Morgan fingerprint density at radius 1 is 1.09 bits per heavy atom. The number of amides is 1. The monoisotopic (exact) mass is 465 g/mol. The molecule has 0 saturated carbocycles. The number of anilines is 1. The van der Waals surface area contributed by atoms with Crippen LogP contribution in [0.1, 0.15) is 36.2 Å². The van der Waals surface area contributed by atoms with Gasteiger partial charge in [-0.25, -0.2) is 9.18 Å². The summed E-state index contributed by atoms with van der Waals surface area (Å²) < 4.78 is 21.8. The first kappa shape index (κ1) is 22.1. The van der Waals surface area contributed by atoms with Crippen molar-refractivity contribution in [2.45, 2.75) is 38.5 Å². The number of halogens is 1. The summed E-state index contributed by atoms with van der Waals surface area (Å²) >= 11 is 1.55. The first-order chi connectivity index (χ1) is 16.1. The van der Waals surface area contributed by atoms with Crippen LogP contribution in [0, 0.1) is 11.7 Å². The van der Waals surface area contributed by atoms with Gasteiger partial charge in [-0.15, -0.1) is 11.3 Å². The fourth-order valence-corrected chi connectivity index (χ4v) is 6.25. The number of thiophene rings is 1. The topological polar surface area (TPSA) is 29.5 Å². The maximum absolute atomic E-state index is 14.7. The number of fused-ring (bicyclic) bond motifs is 3. The highest BCUT2D eigenvalue weighted by atomic mass is 32.1. The summed E-state index contributed by atoms with van der Waals surface area (Å²) in [6, 6.07) is 21.3. The van der Waals surface area contributed by atoms with Crippen molar-refractivity contribution in [3.63, 3.8) is 0 Å². The molecule has 4 heterocycles. The van der Waals surface area contributed by atoms with Gasteiger partial charge in [0.05, 0.1) is 25.3 Å². The number of para-hydroxylation sites is 1. The number of carbonyl (C=O) groups is 1. The van der Waals surface area contributed by atoms with E-state index >= 15 is 0 Å². The largest absolute Gasteiger partial charge is 0.440 e. The molecule has 0 spiro atoms. The molecule has 172 valence electrons. The lowest BCUT2D eigenvalue weighted by molar-refractivity contribution is -0.972. The number of nitrogens with zero attached hydrogens (tertiary/aromatic N) is 2. The van der Waals surface area contributed by atoms with Crippen LogP contribution in [0.3, 0.4) is 0 Å². The molecule has 2 bridgehead atoms. The molecule has 2 aromatic carbocycles. The van der Waals surface area contributed by atoms with E-state index in [4.69, 9.17) is 4.74 Å². The Morgan fingerprint density at radius 2 is 1.82 bits per heavy atom. The molecule has 0 N–H and O–H groups in total. The van der Waals surface area contributed by atoms with E-state index in [1.165, 1.54) is 16.5 Å². The van der Waals surface area contributed by atoms with Crippen molar-refractivity contribution in [3.8, 4) is 0 Å². The summed E-state index contributed by atoms with van der Waals surface area (Å²) in [6.07, 6.45) is 1.50. The first-order valence-corrected chi connectivity index (χ1v) is 12.6. The van der Waals surface area contributed by atoms with Crippen molar-refractivity contribution in [2.75, 3.05) is 24.5 Å². The van der Waals surface area contributed by atoms with Crippen molar-refractivity contribution in [1.29, 1.82) is 0 Å². The van der Waals surface area contributed by atoms with Crippen molar-refractivity contribution >= 4 is 23.1 Å². The second kappa shape index (κ2) is 9.27. The zero-order valence-corrected chi connectivity index (χ0v) is 19.7. The van der Waals surface area contributed by atoms with Gasteiger partial charge in [-0.1, -0.05) is 48.5 Å². The predicted octanol–water partition coefficient (Wildman–Crippen LogP) is 6.40. The maximum atomic E-state index is 14.7. The molecule has 1 amide bonds. The number of ether oxygens (including phenoxy) is 1. The zero-order valence-electron chi connectivity index (χ0n) is 18.9. The van der Waals surface area contributed by atoms with E-state index in [1.54, 1.807) is 29.5 Å². The van der Waals surface area contributed by atoms with Crippen LogP contribution in [0.2, 0.25) is 0 Å². The van der Waals surface area contributed by atoms with Crippen LogP contribution in [0.4, 0.5) is 14.9 Å². The quantitative estimate of drug-likeness (QED) is 0.394. The summed E-state index contributed by atoms with van der Waals surface area (Å²) in [4.78, 5) is 15.9. The lowest BCUT2D eigenvalue weighted by atomic mass is 9.81. The fourth-order valence-electron chi connectivity index (χ4n) is 5.56. The van der Waals surface area contributed by atoms with E-state index in [0.717, 1.165) is 41.8 Å². The van der Waals surface area contributed by atoms with Gasteiger partial charge in [-0.05, 0) is 30.5 Å². The Balaban J connectivity index is 1.37. The van der Waals surface area contributed by atoms with Crippen LogP contribution >= 0.6 is 11.3 Å². The molecule has 1 unspecified atom stereocenters. The highest BCUT2D eigenvalue weighted by molar-refractivity contribution is 7.09. The third-order valence-electron chi connectivity index (χ3n) is 7.57. The molecule has 0 radical (unpaired) electrons. The van der Waals surface area contributed by atoms with E-state index in [0.29, 0.717) is 18.5 Å². The number of carbonyl (C=O) groups excluding carboxylic acids is 1. The van der Waals surface area contributed by atoms with Gasteiger partial charge < -0.3 is 9.22 Å². The van der Waals surface area contributed by atoms with Gasteiger partial charge in [0.2, 0.25) is 0 Å². The highest BCUT2D eigenvalue weighted by Gasteiger charge is 2.50. The van der Waals surface area contributed by atoms with Crippen LogP contribution < -0.4 is 4.90 Å². The fraction of sp³-hybridized carbons (Fsp3) is 0.370. The molecule has 1 aromatic heterocycles. The molecular formula is C27H30FN2O2S+. The number of benzene rings is 2. The molecule has 2 atom stereocenters. The number of hydrogen-bond acceptors (Lipinski definition) is 3. The Morgan fingerprint density at radius 3 is 2.52 bits per heavy atom. The van der Waals surface area contributed by atoms with Crippen LogP contribution in [0.25, 0.3) is 0 Å². The molecule has 6 heteroatoms. The third-order valence-corrected chi connectivity index (χ3v) is 8.43. The Bertz CT molecular complexity index is 1080. The van der Waals surface area contributed by atoms with Gasteiger partial charge in [0.15, 0.2) is 6.10 Å². The molecule has 3 fully saturated rings. The summed E-state index contributed by atoms with van der Waals surface area (Å²) in [5.74, 6) is -0.0396. The zero-order chi connectivity index (χ0) is 22.8. The highest BCUT2D eigenvalue weighted by Crippen LogP contribution is 2.42. The van der Waals surface area contributed by atoms with Crippen molar-refractivity contribution in [3.05, 3.63) is 88.4 Å². The molecular weight excluding hydrogens is 435 g/mol. The van der Waals surface area contributed by atoms with Gasteiger partial charge >= 0.3 is 6.09 Å². The van der Waals surface area contributed by atoms with E-state index in [-0.39, 0.29) is 11.8 Å². The van der Waals surface area contributed by atoms with Crippen LogP contribution in [0.15, 0.2) is 72.1 Å². The van der Waals surface area contributed by atoms with Crippen LogP contribution in [-0.4, -0.2) is 36.3 Å². The second-order valence-electron chi connectivity index (χ2n) is 9.31. The molecule has 6 rings (SSSR count). The van der Waals surface area contributed by atoms with E-state index in [2.05, 4.69) is 31.2 Å². The van der Waals surface area contributed by atoms with Gasteiger partial charge in [-0.2, -0.15) is 0 Å². The molecule has 0 aliphatic carbocycles. The molecule has 3 aromatic rings. The van der Waals surface area contributed by atoms with Crippen molar-refractivity contribution in [1.82, 2.24) is 0 Å². The Labute approximate surface area is 198 Å². The SMILES string of the molecule is CC(c1ccccc1)[N+]12CCC(CC1)[C@@H](OC(=O)N(Cc1cccs1)c1ccccc1F)C2. The number of hydrogen-bond donors (Lipinski definition) is 0.